The van der Waals surface area contributed by atoms with Crippen LogP contribution in [0.4, 0.5) is 0 Å². The quantitative estimate of drug-likeness (QED) is 0.799. The second kappa shape index (κ2) is 9.13. The molecule has 1 aromatic rings. The second-order valence-corrected chi connectivity index (χ2v) is 4.36. The van der Waals surface area contributed by atoms with Gasteiger partial charge in [0.25, 0.3) is 0 Å². The van der Waals surface area contributed by atoms with Crippen molar-refractivity contribution < 1.29 is 14.6 Å². The zero-order valence-corrected chi connectivity index (χ0v) is 12.1. The lowest BCUT2D eigenvalue weighted by atomic mass is 10.1. The van der Waals surface area contributed by atoms with Crippen LogP contribution >= 0.6 is 0 Å². The van der Waals surface area contributed by atoms with E-state index in [9.17, 15) is 4.79 Å². The van der Waals surface area contributed by atoms with Crippen LogP contribution in [0, 0.1) is 11.8 Å². The van der Waals surface area contributed by atoms with Gasteiger partial charge in [-0.25, -0.2) is 0 Å². The molecule has 20 heavy (non-hydrogen) atoms. The van der Waals surface area contributed by atoms with Gasteiger partial charge < -0.3 is 14.7 Å². The smallest absolute Gasteiger partial charge is 0.248 e. The van der Waals surface area contributed by atoms with Gasteiger partial charge in [-0.3, -0.25) is 4.79 Å². The van der Waals surface area contributed by atoms with Crippen LogP contribution < -0.4 is 0 Å². The number of hydrogen-bond acceptors (Lipinski definition) is 3. The SMILES string of the molecule is CCOCC(=O)N(C)Cc1cccc(C#CCCO)c1. The van der Waals surface area contributed by atoms with Crippen molar-refractivity contribution in [2.45, 2.75) is 19.9 Å². The zero-order valence-electron chi connectivity index (χ0n) is 12.1. The number of likely N-dealkylation sites (N-methyl/N-ethyl adjacent to an activating group) is 1. The fourth-order valence-corrected chi connectivity index (χ4v) is 1.63. The highest BCUT2D eigenvalue weighted by Gasteiger charge is 2.08. The largest absolute Gasteiger partial charge is 0.395 e. The van der Waals surface area contributed by atoms with Gasteiger partial charge in [-0.2, -0.15) is 0 Å². The lowest BCUT2D eigenvalue weighted by Gasteiger charge is -2.17. The summed E-state index contributed by atoms with van der Waals surface area (Å²) < 4.78 is 5.11. The highest BCUT2D eigenvalue weighted by atomic mass is 16.5. The topological polar surface area (TPSA) is 49.8 Å². The van der Waals surface area contributed by atoms with Crippen LogP contribution in [-0.4, -0.2) is 42.8 Å². The Balaban J connectivity index is 2.62. The number of aliphatic hydroxyl groups excluding tert-OH is 1. The number of carbonyl (C=O) groups excluding carboxylic acids is 1. The summed E-state index contributed by atoms with van der Waals surface area (Å²) in [5.41, 5.74) is 1.91. The van der Waals surface area contributed by atoms with Crippen molar-refractivity contribution in [1.82, 2.24) is 4.90 Å². The van der Waals surface area contributed by atoms with Crippen molar-refractivity contribution in [2.75, 3.05) is 26.9 Å². The molecule has 1 aromatic carbocycles. The fraction of sp³-hybridized carbons (Fsp3) is 0.438. The third-order valence-electron chi connectivity index (χ3n) is 2.67. The van der Waals surface area contributed by atoms with Gasteiger partial charge in [0.2, 0.25) is 5.91 Å². The zero-order chi connectivity index (χ0) is 14.8. The molecule has 0 saturated heterocycles. The van der Waals surface area contributed by atoms with Crippen LogP contribution in [0.1, 0.15) is 24.5 Å². The number of carbonyl (C=O) groups is 1. The molecule has 0 aliphatic rings. The molecule has 0 heterocycles. The molecule has 108 valence electrons. The van der Waals surface area contributed by atoms with Gasteiger partial charge in [0, 0.05) is 32.2 Å². The van der Waals surface area contributed by atoms with Crippen LogP contribution in [0.3, 0.4) is 0 Å². The molecule has 0 spiro atoms. The normalized spacial score (nSPS) is 9.75. The number of nitrogens with zero attached hydrogens (tertiary/aromatic N) is 1. The first-order valence-corrected chi connectivity index (χ1v) is 6.67. The molecule has 1 N–H and O–H groups in total. The summed E-state index contributed by atoms with van der Waals surface area (Å²) in [6.07, 6.45) is 0.469. The van der Waals surface area contributed by atoms with Gasteiger partial charge in [-0.1, -0.05) is 24.0 Å². The molecule has 0 aliphatic carbocycles. The summed E-state index contributed by atoms with van der Waals surface area (Å²) >= 11 is 0. The molecule has 4 heteroatoms. The monoisotopic (exact) mass is 275 g/mol. The van der Waals surface area contributed by atoms with Gasteiger partial charge in [0.1, 0.15) is 6.61 Å². The second-order valence-electron chi connectivity index (χ2n) is 4.36. The number of benzene rings is 1. The van der Waals surface area contributed by atoms with Crippen molar-refractivity contribution in [3.8, 4) is 11.8 Å². The Morgan fingerprint density at radius 3 is 2.95 bits per heavy atom. The highest BCUT2D eigenvalue weighted by molar-refractivity contribution is 5.77. The Morgan fingerprint density at radius 1 is 1.45 bits per heavy atom. The van der Waals surface area contributed by atoms with Crippen molar-refractivity contribution in [1.29, 1.82) is 0 Å². The molecule has 4 nitrogen and oxygen atoms in total. The van der Waals surface area contributed by atoms with E-state index in [1.807, 2.05) is 31.2 Å². The van der Waals surface area contributed by atoms with Gasteiger partial charge in [0.05, 0.1) is 6.61 Å². The van der Waals surface area contributed by atoms with Gasteiger partial charge in [0.15, 0.2) is 0 Å². The van der Waals surface area contributed by atoms with E-state index in [0.29, 0.717) is 19.6 Å². The van der Waals surface area contributed by atoms with E-state index in [2.05, 4.69) is 11.8 Å². The molecular weight excluding hydrogens is 254 g/mol. The van der Waals surface area contributed by atoms with Crippen LogP contribution in [0.5, 0.6) is 0 Å². The van der Waals surface area contributed by atoms with Gasteiger partial charge in [-0.05, 0) is 24.6 Å². The minimum Gasteiger partial charge on any atom is -0.395 e. The van der Waals surface area contributed by atoms with E-state index in [-0.39, 0.29) is 19.1 Å². The number of amides is 1. The average molecular weight is 275 g/mol. The number of aliphatic hydroxyl groups is 1. The molecule has 0 saturated carbocycles. The third-order valence-corrected chi connectivity index (χ3v) is 2.67. The van der Waals surface area contributed by atoms with Gasteiger partial charge in [-0.15, -0.1) is 0 Å². The standard InChI is InChI=1S/C16H21NO3/c1-3-20-13-16(19)17(2)12-15-9-6-8-14(11-15)7-4-5-10-18/h6,8-9,11,18H,3,5,10,12-13H2,1-2H3. The summed E-state index contributed by atoms with van der Waals surface area (Å²) in [5, 5.41) is 8.69. The first-order chi connectivity index (χ1) is 9.67. The molecule has 0 unspecified atom stereocenters. The summed E-state index contributed by atoms with van der Waals surface area (Å²) in [6, 6.07) is 7.74. The lowest BCUT2D eigenvalue weighted by molar-refractivity contribution is -0.135. The maximum atomic E-state index is 11.7. The number of rotatable bonds is 6. The summed E-state index contributed by atoms with van der Waals surface area (Å²) in [6.45, 7) is 3.11. The average Bonchev–Trinajstić information content (AvgIpc) is 2.45. The third kappa shape index (κ3) is 5.87. The molecule has 0 aliphatic heterocycles. The molecule has 0 radical (unpaired) electrons. The van der Waals surface area contributed by atoms with Crippen molar-refractivity contribution in [3.63, 3.8) is 0 Å². The van der Waals surface area contributed by atoms with E-state index < -0.39 is 0 Å². The van der Waals surface area contributed by atoms with E-state index >= 15 is 0 Å². The predicted molar refractivity (Wildman–Crippen MR) is 78.0 cm³/mol. The van der Waals surface area contributed by atoms with Gasteiger partial charge >= 0.3 is 0 Å². The van der Waals surface area contributed by atoms with Crippen LogP contribution in [0.2, 0.25) is 0 Å². The van der Waals surface area contributed by atoms with E-state index in [1.165, 1.54) is 0 Å². The van der Waals surface area contributed by atoms with Crippen molar-refractivity contribution in [3.05, 3.63) is 35.4 Å². The lowest BCUT2D eigenvalue weighted by Crippen LogP contribution is -2.29. The Hall–Kier alpha value is -1.83. The van der Waals surface area contributed by atoms with Crippen LogP contribution in [0.25, 0.3) is 0 Å². The Kier molecular flexibility index (Phi) is 7.41. The predicted octanol–water partition coefficient (Wildman–Crippen LogP) is 1.42. The minimum absolute atomic E-state index is 0.0383. The first kappa shape index (κ1) is 16.2. The Morgan fingerprint density at radius 2 is 2.25 bits per heavy atom. The maximum Gasteiger partial charge on any atom is 0.248 e. The van der Waals surface area contributed by atoms with E-state index in [0.717, 1.165) is 11.1 Å². The molecule has 0 bridgehead atoms. The van der Waals surface area contributed by atoms with Crippen LogP contribution in [0.15, 0.2) is 24.3 Å². The number of hydrogen-bond donors (Lipinski definition) is 1. The molecule has 1 rings (SSSR count). The van der Waals surface area contributed by atoms with Crippen molar-refractivity contribution >= 4 is 5.91 Å². The molecule has 0 aromatic heterocycles. The van der Waals surface area contributed by atoms with E-state index in [4.69, 9.17) is 9.84 Å². The van der Waals surface area contributed by atoms with Crippen molar-refractivity contribution in [2.24, 2.45) is 0 Å². The molecule has 0 fully saturated rings. The fourth-order valence-electron chi connectivity index (χ4n) is 1.63. The first-order valence-electron chi connectivity index (χ1n) is 6.67. The summed E-state index contributed by atoms with van der Waals surface area (Å²) in [4.78, 5) is 13.4. The molecular formula is C16H21NO3. The summed E-state index contributed by atoms with van der Waals surface area (Å²) in [7, 11) is 1.76. The highest BCUT2D eigenvalue weighted by Crippen LogP contribution is 2.07. The Labute approximate surface area is 120 Å². The Bertz CT molecular complexity index is 488. The summed E-state index contributed by atoms with van der Waals surface area (Å²) in [5.74, 6) is 5.83. The minimum atomic E-state index is -0.0383. The number of ether oxygens (including phenoxy) is 1. The maximum absolute atomic E-state index is 11.7. The molecule has 0 atom stereocenters. The van der Waals surface area contributed by atoms with E-state index in [1.54, 1.807) is 11.9 Å². The van der Waals surface area contributed by atoms with Crippen LogP contribution in [-0.2, 0) is 16.1 Å². The molecule has 1 amide bonds.